The molecule has 0 aromatic heterocycles. The maximum atomic E-state index is 11.9. The van der Waals surface area contributed by atoms with Gasteiger partial charge in [-0.3, -0.25) is 4.79 Å². The molecule has 0 amide bonds. The lowest BCUT2D eigenvalue weighted by atomic mass is 9.93. The molecule has 1 aromatic carbocycles. The fourth-order valence-electron chi connectivity index (χ4n) is 2.31. The van der Waals surface area contributed by atoms with E-state index in [2.05, 4.69) is 10.0 Å². The van der Waals surface area contributed by atoms with Gasteiger partial charge in [0, 0.05) is 10.5 Å². The largest absolute Gasteiger partial charge is 0.456 e. The van der Waals surface area contributed by atoms with Crippen molar-refractivity contribution in [2.45, 2.75) is 37.8 Å². The van der Waals surface area contributed by atoms with Gasteiger partial charge in [0.05, 0.1) is 6.04 Å². The number of carbonyl (C=O) groups excluding carboxylic acids is 2. The second-order valence-corrected chi connectivity index (χ2v) is 4.70. The zero-order valence-electron chi connectivity index (χ0n) is 10.9. The average molecular weight is 273 g/mol. The van der Waals surface area contributed by atoms with Gasteiger partial charge in [-0.15, -0.1) is 0 Å². The minimum atomic E-state index is -0.888. The molecule has 0 heterocycles. The number of rotatable bonds is 4. The van der Waals surface area contributed by atoms with Gasteiger partial charge >= 0.3 is 5.97 Å². The van der Waals surface area contributed by atoms with E-state index < -0.39 is 17.9 Å². The number of esters is 1. The number of hydrogen-bond acceptors (Lipinski definition) is 4. The highest BCUT2D eigenvalue weighted by atomic mass is 16.5. The summed E-state index contributed by atoms with van der Waals surface area (Å²) < 4.78 is 5.22. The topological polar surface area (TPSA) is 92.1 Å². The molecule has 0 aliphatic heterocycles. The third kappa shape index (κ3) is 3.36. The Labute approximate surface area is 116 Å². The molecule has 0 bridgehead atoms. The predicted molar refractivity (Wildman–Crippen MR) is 72.1 cm³/mol. The summed E-state index contributed by atoms with van der Waals surface area (Å²) in [6.07, 6.45) is 2.64. The highest BCUT2D eigenvalue weighted by Crippen LogP contribution is 2.24. The van der Waals surface area contributed by atoms with Crippen LogP contribution in [0.25, 0.3) is 10.4 Å². The van der Waals surface area contributed by atoms with E-state index in [1.54, 1.807) is 30.3 Å². The normalized spacial score (nSPS) is 21.6. The van der Waals surface area contributed by atoms with Crippen LogP contribution in [0.5, 0.6) is 0 Å². The average Bonchev–Trinajstić information content (AvgIpc) is 2.49. The predicted octanol–water partition coefficient (Wildman–Crippen LogP) is 3.03. The molecule has 2 rings (SSSR count). The lowest BCUT2D eigenvalue weighted by Gasteiger charge is -2.27. The molecule has 0 spiro atoms. The Balaban J connectivity index is 2.03. The van der Waals surface area contributed by atoms with Crippen LogP contribution in [0.2, 0.25) is 0 Å². The van der Waals surface area contributed by atoms with Crippen molar-refractivity contribution in [2.75, 3.05) is 0 Å². The summed E-state index contributed by atoms with van der Waals surface area (Å²) >= 11 is 0. The zero-order chi connectivity index (χ0) is 14.4. The lowest BCUT2D eigenvalue weighted by Crippen LogP contribution is -2.35. The maximum absolute atomic E-state index is 11.9. The van der Waals surface area contributed by atoms with Crippen LogP contribution in [0.15, 0.2) is 35.4 Å². The van der Waals surface area contributed by atoms with Crippen molar-refractivity contribution < 1.29 is 14.3 Å². The summed E-state index contributed by atoms with van der Waals surface area (Å²) in [5.41, 5.74) is 8.81. The van der Waals surface area contributed by atoms with E-state index >= 15 is 0 Å². The number of nitrogens with zero attached hydrogens (tertiary/aromatic N) is 3. The van der Waals surface area contributed by atoms with Gasteiger partial charge in [-0.2, -0.15) is 0 Å². The first-order valence-corrected chi connectivity index (χ1v) is 6.57. The molecule has 20 heavy (non-hydrogen) atoms. The number of azide groups is 1. The van der Waals surface area contributed by atoms with E-state index in [-0.39, 0.29) is 6.04 Å². The molecule has 1 saturated carbocycles. The van der Waals surface area contributed by atoms with Gasteiger partial charge < -0.3 is 4.74 Å². The van der Waals surface area contributed by atoms with E-state index in [9.17, 15) is 9.59 Å². The molecule has 6 nitrogen and oxygen atoms in total. The van der Waals surface area contributed by atoms with E-state index in [1.807, 2.05) is 0 Å². The first-order chi connectivity index (χ1) is 9.72. The van der Waals surface area contributed by atoms with Crippen molar-refractivity contribution in [1.82, 2.24) is 0 Å². The first kappa shape index (κ1) is 14.1. The number of ketones is 1. The Morgan fingerprint density at radius 3 is 2.60 bits per heavy atom. The Morgan fingerprint density at radius 1 is 1.20 bits per heavy atom. The second-order valence-electron chi connectivity index (χ2n) is 4.70. The van der Waals surface area contributed by atoms with Gasteiger partial charge in [-0.25, -0.2) is 4.79 Å². The Kier molecular flexibility index (Phi) is 4.74. The van der Waals surface area contributed by atoms with E-state index in [0.717, 1.165) is 12.8 Å². The molecule has 1 fully saturated rings. The van der Waals surface area contributed by atoms with E-state index in [4.69, 9.17) is 10.3 Å². The summed E-state index contributed by atoms with van der Waals surface area (Å²) in [6.45, 7) is 0. The molecular formula is C14H15N3O3. The molecule has 6 heteroatoms. The van der Waals surface area contributed by atoms with Crippen molar-refractivity contribution in [3.05, 3.63) is 46.3 Å². The molecular weight excluding hydrogens is 258 g/mol. The molecule has 1 aliphatic rings. The fraction of sp³-hybridized carbons (Fsp3) is 0.429. The number of ether oxygens (including phenoxy) is 1. The van der Waals surface area contributed by atoms with Crippen LogP contribution in [0.1, 0.15) is 36.0 Å². The quantitative estimate of drug-likeness (QED) is 0.211. The second kappa shape index (κ2) is 6.73. The minimum absolute atomic E-state index is 0.300. The molecule has 0 unspecified atom stereocenters. The molecule has 104 valence electrons. The third-order valence-corrected chi connectivity index (χ3v) is 3.35. The Morgan fingerprint density at radius 2 is 1.90 bits per heavy atom. The van der Waals surface area contributed by atoms with Gasteiger partial charge in [0.15, 0.2) is 0 Å². The van der Waals surface area contributed by atoms with Crippen LogP contribution in [0, 0.1) is 0 Å². The monoisotopic (exact) mass is 273 g/mol. The van der Waals surface area contributed by atoms with Gasteiger partial charge in [-0.1, -0.05) is 41.9 Å². The van der Waals surface area contributed by atoms with Crippen LogP contribution in [-0.4, -0.2) is 23.9 Å². The van der Waals surface area contributed by atoms with Crippen LogP contribution in [-0.2, 0) is 9.53 Å². The van der Waals surface area contributed by atoms with E-state index in [1.165, 1.54) is 0 Å². The van der Waals surface area contributed by atoms with Crippen molar-refractivity contribution in [3.63, 3.8) is 0 Å². The van der Waals surface area contributed by atoms with Gasteiger partial charge in [0.2, 0.25) is 0 Å². The van der Waals surface area contributed by atoms with Crippen LogP contribution < -0.4 is 0 Å². The van der Waals surface area contributed by atoms with Crippen LogP contribution in [0.3, 0.4) is 0 Å². The molecule has 0 radical (unpaired) electrons. The highest BCUT2D eigenvalue weighted by Gasteiger charge is 2.30. The Bertz CT molecular complexity index is 538. The number of hydrogen-bond donors (Lipinski definition) is 0. The summed E-state index contributed by atoms with van der Waals surface area (Å²) in [6, 6.07) is 7.89. The van der Waals surface area contributed by atoms with E-state index in [0.29, 0.717) is 18.4 Å². The fourth-order valence-corrected chi connectivity index (χ4v) is 2.31. The van der Waals surface area contributed by atoms with Crippen molar-refractivity contribution in [1.29, 1.82) is 0 Å². The number of Topliss-reactive ketones (excluding diaryl/α,β-unsaturated/α-hetero) is 1. The van der Waals surface area contributed by atoms with Gasteiger partial charge in [0.1, 0.15) is 6.10 Å². The smallest absolute Gasteiger partial charge is 0.379 e. The molecule has 1 aromatic rings. The van der Waals surface area contributed by atoms with Crippen molar-refractivity contribution in [3.8, 4) is 0 Å². The zero-order valence-corrected chi connectivity index (χ0v) is 10.9. The van der Waals surface area contributed by atoms with Crippen molar-refractivity contribution >= 4 is 11.8 Å². The SMILES string of the molecule is [N-]=[N+]=N[C@H]1CCCC[C@H]1OC(=O)C(=O)c1ccccc1. The van der Waals surface area contributed by atoms with Gasteiger partial charge in [0.25, 0.3) is 5.78 Å². The lowest BCUT2D eigenvalue weighted by molar-refractivity contribution is -0.145. The number of carbonyl (C=O) groups is 2. The molecule has 1 aliphatic carbocycles. The summed E-state index contributed by atoms with van der Waals surface area (Å²) in [5.74, 6) is -1.56. The van der Waals surface area contributed by atoms with Crippen LogP contribution >= 0.6 is 0 Å². The first-order valence-electron chi connectivity index (χ1n) is 6.57. The standard InChI is InChI=1S/C14H15N3O3/c15-17-16-11-8-4-5-9-12(11)20-14(19)13(18)10-6-2-1-3-7-10/h1-3,6-7,11-12H,4-5,8-9H2/t11-,12+/m0/s1. The summed E-state index contributed by atoms with van der Waals surface area (Å²) in [4.78, 5) is 26.5. The Hall–Kier alpha value is -2.33. The van der Waals surface area contributed by atoms with Crippen molar-refractivity contribution in [2.24, 2.45) is 5.11 Å². The van der Waals surface area contributed by atoms with Crippen LogP contribution in [0.4, 0.5) is 0 Å². The maximum Gasteiger partial charge on any atom is 0.379 e. The molecule has 0 N–H and O–H groups in total. The molecule has 2 atom stereocenters. The van der Waals surface area contributed by atoms with Gasteiger partial charge in [-0.05, 0) is 24.8 Å². The summed E-state index contributed by atoms with van der Waals surface area (Å²) in [7, 11) is 0. The summed E-state index contributed by atoms with van der Waals surface area (Å²) in [5, 5.41) is 3.64. The molecule has 0 saturated heterocycles. The minimum Gasteiger partial charge on any atom is -0.456 e. The number of benzene rings is 1. The highest BCUT2D eigenvalue weighted by molar-refractivity contribution is 6.40. The third-order valence-electron chi connectivity index (χ3n) is 3.35.